The number of aliphatic hydroxyl groups excluding tert-OH is 1. The highest BCUT2D eigenvalue weighted by Crippen LogP contribution is 2.54. The second-order valence-corrected chi connectivity index (χ2v) is 9.16. The Morgan fingerprint density at radius 3 is 2.66 bits per heavy atom. The average Bonchev–Trinajstić information content (AvgIpc) is 3.22. The second-order valence-electron chi connectivity index (χ2n) is 9.16. The number of hydrogen-bond donors (Lipinski definition) is 3. The number of fused-ring (bicyclic) bond motifs is 1. The first kappa shape index (κ1) is 18.7. The Kier molecular flexibility index (Phi) is 4.65. The molecule has 1 aromatic carbocycles. The fourth-order valence-electron chi connectivity index (χ4n) is 5.50. The summed E-state index contributed by atoms with van der Waals surface area (Å²) in [4.78, 5) is 26.4. The molecule has 3 amide bonds. The maximum absolute atomic E-state index is 12.9. The lowest BCUT2D eigenvalue weighted by Crippen LogP contribution is -2.48. The number of urea groups is 1. The van der Waals surface area contributed by atoms with Crippen molar-refractivity contribution in [3.8, 4) is 5.75 Å². The van der Waals surface area contributed by atoms with E-state index >= 15 is 0 Å². The van der Waals surface area contributed by atoms with E-state index in [1.807, 2.05) is 36.1 Å². The number of amides is 3. The van der Waals surface area contributed by atoms with Gasteiger partial charge in [0.05, 0.1) is 18.2 Å². The minimum absolute atomic E-state index is 0.0106. The summed E-state index contributed by atoms with van der Waals surface area (Å²) in [7, 11) is 0. The number of aliphatic hydroxyl groups is 1. The van der Waals surface area contributed by atoms with Crippen LogP contribution in [0.15, 0.2) is 24.3 Å². The normalized spacial score (nSPS) is 32.9. The van der Waals surface area contributed by atoms with Crippen molar-refractivity contribution in [1.82, 2.24) is 15.5 Å². The van der Waals surface area contributed by atoms with Crippen molar-refractivity contribution in [1.29, 1.82) is 0 Å². The first-order valence-corrected chi connectivity index (χ1v) is 10.8. The van der Waals surface area contributed by atoms with E-state index in [9.17, 15) is 14.7 Å². The summed E-state index contributed by atoms with van der Waals surface area (Å²) in [5.41, 5.74) is 0.972. The predicted molar refractivity (Wildman–Crippen MR) is 106 cm³/mol. The molecule has 6 atom stereocenters. The largest absolute Gasteiger partial charge is 0.484 e. The fraction of sp³-hybridized carbons (Fsp3) is 0.636. The average molecular weight is 399 g/mol. The monoisotopic (exact) mass is 399 g/mol. The molecule has 5 rings (SSSR count). The van der Waals surface area contributed by atoms with Crippen LogP contribution in [0.2, 0.25) is 0 Å². The molecule has 156 valence electrons. The molecule has 7 heteroatoms. The highest BCUT2D eigenvalue weighted by Gasteiger charge is 2.60. The minimum atomic E-state index is -0.367. The van der Waals surface area contributed by atoms with Gasteiger partial charge < -0.3 is 25.4 Å². The molecular weight excluding hydrogens is 370 g/mol. The van der Waals surface area contributed by atoms with Crippen molar-refractivity contribution < 1.29 is 19.4 Å². The zero-order valence-electron chi connectivity index (χ0n) is 16.7. The quantitative estimate of drug-likeness (QED) is 0.681. The van der Waals surface area contributed by atoms with Gasteiger partial charge in [-0.15, -0.1) is 0 Å². The van der Waals surface area contributed by atoms with Crippen LogP contribution in [0.4, 0.5) is 4.79 Å². The molecule has 1 heterocycles. The van der Waals surface area contributed by atoms with Gasteiger partial charge in [-0.05, 0) is 68.1 Å². The van der Waals surface area contributed by atoms with Gasteiger partial charge in [0, 0.05) is 12.6 Å². The smallest absolute Gasteiger partial charge is 0.318 e. The summed E-state index contributed by atoms with van der Waals surface area (Å²) in [6.45, 7) is 2.73. The van der Waals surface area contributed by atoms with Gasteiger partial charge >= 0.3 is 6.03 Å². The van der Waals surface area contributed by atoms with Crippen molar-refractivity contribution in [3.05, 3.63) is 29.8 Å². The lowest BCUT2D eigenvalue weighted by Gasteiger charge is -2.30. The van der Waals surface area contributed by atoms with E-state index in [0.29, 0.717) is 29.5 Å². The molecule has 29 heavy (non-hydrogen) atoms. The second kappa shape index (κ2) is 7.20. The molecular formula is C22H29N3O4. The van der Waals surface area contributed by atoms with Gasteiger partial charge in [0.2, 0.25) is 0 Å². The zero-order chi connectivity index (χ0) is 20.1. The van der Waals surface area contributed by atoms with Gasteiger partial charge in [0.1, 0.15) is 5.75 Å². The number of nitrogens with zero attached hydrogens (tertiary/aromatic N) is 1. The van der Waals surface area contributed by atoms with Crippen LogP contribution in [0.1, 0.15) is 44.2 Å². The van der Waals surface area contributed by atoms with E-state index in [1.54, 1.807) is 0 Å². The lowest BCUT2D eigenvalue weighted by molar-refractivity contribution is -0.123. The van der Waals surface area contributed by atoms with Gasteiger partial charge in [0.25, 0.3) is 5.91 Å². The molecule has 3 N–H and O–H groups in total. The maximum Gasteiger partial charge on any atom is 0.318 e. The number of carbonyl (C=O) groups is 2. The van der Waals surface area contributed by atoms with E-state index in [0.717, 1.165) is 37.8 Å². The van der Waals surface area contributed by atoms with Gasteiger partial charge in [0.15, 0.2) is 6.61 Å². The molecule has 2 bridgehead atoms. The SMILES string of the molecule is CC(NC(=O)N1CC2CC3CC2C1C3O)c1ccc(OCC(=O)NC2CC2)cc1. The standard InChI is InChI=1S/C22H29N3O4/c1-12(13-2-6-17(7-3-13)29-11-19(26)24-16-4-5-16)23-22(28)25-10-15-8-14-9-18(15)20(25)21(14)27/h2-3,6-7,12,14-16,18,20-21,27H,4-5,8-11H2,1H3,(H,23,28)(H,24,26). The van der Waals surface area contributed by atoms with E-state index in [4.69, 9.17) is 4.74 Å². The van der Waals surface area contributed by atoms with E-state index < -0.39 is 0 Å². The minimum Gasteiger partial charge on any atom is -0.484 e. The molecule has 0 aromatic heterocycles. The number of nitrogens with one attached hydrogen (secondary N) is 2. The molecule has 1 aliphatic heterocycles. The van der Waals surface area contributed by atoms with Gasteiger partial charge in [-0.25, -0.2) is 4.79 Å². The highest BCUT2D eigenvalue weighted by atomic mass is 16.5. The highest BCUT2D eigenvalue weighted by molar-refractivity contribution is 5.78. The van der Waals surface area contributed by atoms with Crippen LogP contribution >= 0.6 is 0 Å². The predicted octanol–water partition coefficient (Wildman–Crippen LogP) is 1.82. The molecule has 3 saturated carbocycles. The Morgan fingerprint density at radius 1 is 1.21 bits per heavy atom. The lowest BCUT2D eigenvalue weighted by atomic mass is 9.88. The summed E-state index contributed by atoms with van der Waals surface area (Å²) < 4.78 is 5.53. The van der Waals surface area contributed by atoms with E-state index in [2.05, 4.69) is 10.6 Å². The van der Waals surface area contributed by atoms with Crippen LogP contribution in [0, 0.1) is 17.8 Å². The Balaban J connectivity index is 1.14. The number of hydrogen-bond acceptors (Lipinski definition) is 4. The van der Waals surface area contributed by atoms with Crippen LogP contribution in [0.3, 0.4) is 0 Å². The van der Waals surface area contributed by atoms with Crippen LogP contribution in [-0.4, -0.2) is 53.3 Å². The third-order valence-corrected chi connectivity index (χ3v) is 7.14. The molecule has 3 aliphatic carbocycles. The van der Waals surface area contributed by atoms with Crippen LogP contribution < -0.4 is 15.4 Å². The van der Waals surface area contributed by atoms with Gasteiger partial charge in [-0.1, -0.05) is 12.1 Å². The molecule has 6 unspecified atom stereocenters. The summed E-state index contributed by atoms with van der Waals surface area (Å²) in [5.74, 6) is 1.96. The molecule has 0 spiro atoms. The van der Waals surface area contributed by atoms with Crippen molar-refractivity contribution >= 4 is 11.9 Å². The third kappa shape index (κ3) is 3.56. The first-order chi connectivity index (χ1) is 14.0. The number of rotatable bonds is 6. The zero-order valence-corrected chi connectivity index (χ0v) is 16.7. The van der Waals surface area contributed by atoms with Crippen molar-refractivity contribution in [3.63, 3.8) is 0 Å². The first-order valence-electron chi connectivity index (χ1n) is 10.8. The Hall–Kier alpha value is -2.28. The number of benzene rings is 1. The summed E-state index contributed by atoms with van der Waals surface area (Å²) in [5, 5.41) is 16.5. The van der Waals surface area contributed by atoms with Gasteiger partial charge in [-0.3, -0.25) is 4.79 Å². The number of ether oxygens (including phenoxy) is 1. The van der Waals surface area contributed by atoms with Crippen molar-refractivity contribution in [2.24, 2.45) is 17.8 Å². The van der Waals surface area contributed by atoms with Gasteiger partial charge in [-0.2, -0.15) is 0 Å². The Morgan fingerprint density at radius 2 is 1.97 bits per heavy atom. The summed E-state index contributed by atoms with van der Waals surface area (Å²) in [6, 6.07) is 7.55. The molecule has 1 saturated heterocycles. The molecule has 0 radical (unpaired) electrons. The third-order valence-electron chi connectivity index (χ3n) is 7.14. The molecule has 1 aromatic rings. The summed E-state index contributed by atoms with van der Waals surface area (Å²) in [6.07, 6.45) is 3.87. The Labute approximate surface area is 170 Å². The topological polar surface area (TPSA) is 90.9 Å². The van der Waals surface area contributed by atoms with E-state index in [1.165, 1.54) is 0 Å². The molecule has 4 fully saturated rings. The maximum atomic E-state index is 12.9. The van der Waals surface area contributed by atoms with Crippen molar-refractivity contribution in [2.45, 2.75) is 56.8 Å². The number of carbonyl (C=O) groups excluding carboxylic acids is 2. The van der Waals surface area contributed by atoms with Crippen LogP contribution in [0.5, 0.6) is 5.75 Å². The van der Waals surface area contributed by atoms with Crippen LogP contribution in [0.25, 0.3) is 0 Å². The van der Waals surface area contributed by atoms with Crippen molar-refractivity contribution in [2.75, 3.05) is 13.2 Å². The fourth-order valence-corrected chi connectivity index (χ4v) is 5.50. The molecule has 4 aliphatic rings. The summed E-state index contributed by atoms with van der Waals surface area (Å²) >= 11 is 0. The Bertz CT molecular complexity index is 792. The van der Waals surface area contributed by atoms with Crippen LogP contribution in [-0.2, 0) is 4.79 Å². The molecule has 7 nitrogen and oxygen atoms in total. The van der Waals surface area contributed by atoms with E-state index in [-0.39, 0.29) is 36.7 Å². The number of likely N-dealkylation sites (tertiary alicyclic amines) is 1.